The number of nitrogens with one attached hydrogen (secondary N) is 1. The SMILES string of the molecule is COCc1cccc(CNC(=O)c2c(C)nc(C(C)C)nc2SC)c1. The van der Waals surface area contributed by atoms with Crippen LogP contribution in [0.2, 0.25) is 0 Å². The summed E-state index contributed by atoms with van der Waals surface area (Å²) in [5.41, 5.74) is 3.39. The van der Waals surface area contributed by atoms with Crippen LogP contribution >= 0.6 is 11.8 Å². The molecule has 5 nitrogen and oxygen atoms in total. The van der Waals surface area contributed by atoms with Gasteiger partial charge in [0.15, 0.2) is 0 Å². The number of benzene rings is 1. The number of thioether (sulfide) groups is 1. The van der Waals surface area contributed by atoms with Gasteiger partial charge in [0.1, 0.15) is 10.9 Å². The largest absolute Gasteiger partial charge is 0.380 e. The van der Waals surface area contributed by atoms with Crippen molar-refractivity contribution in [2.45, 2.75) is 44.9 Å². The number of rotatable bonds is 7. The zero-order valence-corrected chi connectivity index (χ0v) is 16.2. The molecular formula is C19H25N3O2S. The Kier molecular flexibility index (Phi) is 6.96. The Bertz CT molecular complexity index is 747. The van der Waals surface area contributed by atoms with Crippen LogP contribution in [0.25, 0.3) is 0 Å². The summed E-state index contributed by atoms with van der Waals surface area (Å²) >= 11 is 1.47. The molecule has 1 N–H and O–H groups in total. The summed E-state index contributed by atoms with van der Waals surface area (Å²) in [6, 6.07) is 7.99. The number of hydrogen-bond donors (Lipinski definition) is 1. The van der Waals surface area contributed by atoms with Crippen molar-refractivity contribution < 1.29 is 9.53 Å². The minimum absolute atomic E-state index is 0.144. The molecule has 6 heteroatoms. The van der Waals surface area contributed by atoms with Gasteiger partial charge in [-0.1, -0.05) is 38.1 Å². The molecule has 1 aromatic heterocycles. The summed E-state index contributed by atoms with van der Waals surface area (Å²) in [5.74, 6) is 0.852. The number of carbonyl (C=O) groups is 1. The van der Waals surface area contributed by atoms with Crippen LogP contribution < -0.4 is 5.32 Å². The number of carbonyl (C=O) groups excluding carboxylic acids is 1. The molecule has 0 saturated heterocycles. The summed E-state index contributed by atoms with van der Waals surface area (Å²) in [6.07, 6.45) is 1.93. The molecule has 2 rings (SSSR count). The minimum Gasteiger partial charge on any atom is -0.380 e. The fourth-order valence-corrected chi connectivity index (χ4v) is 3.13. The van der Waals surface area contributed by atoms with Gasteiger partial charge in [-0.3, -0.25) is 4.79 Å². The Morgan fingerprint density at radius 1 is 1.28 bits per heavy atom. The molecule has 2 aromatic rings. The predicted molar refractivity (Wildman–Crippen MR) is 101 cm³/mol. The molecule has 1 amide bonds. The van der Waals surface area contributed by atoms with Crippen LogP contribution in [-0.2, 0) is 17.9 Å². The summed E-state index contributed by atoms with van der Waals surface area (Å²) in [5, 5.41) is 3.70. The Morgan fingerprint density at radius 3 is 2.64 bits per heavy atom. The van der Waals surface area contributed by atoms with Crippen molar-refractivity contribution >= 4 is 17.7 Å². The van der Waals surface area contributed by atoms with E-state index in [0.29, 0.717) is 24.4 Å². The third-order valence-electron chi connectivity index (χ3n) is 3.77. The van der Waals surface area contributed by atoms with Gasteiger partial charge in [-0.05, 0) is 24.3 Å². The van der Waals surface area contributed by atoms with Crippen molar-refractivity contribution in [1.82, 2.24) is 15.3 Å². The lowest BCUT2D eigenvalue weighted by atomic mass is 10.1. The first kappa shape index (κ1) is 19.4. The van der Waals surface area contributed by atoms with Gasteiger partial charge in [-0.25, -0.2) is 9.97 Å². The van der Waals surface area contributed by atoms with Gasteiger partial charge in [0, 0.05) is 19.6 Å². The maximum atomic E-state index is 12.7. The van der Waals surface area contributed by atoms with Crippen molar-refractivity contribution in [3.05, 3.63) is 52.5 Å². The lowest BCUT2D eigenvalue weighted by molar-refractivity contribution is 0.0946. The highest BCUT2D eigenvalue weighted by atomic mass is 32.2. The van der Waals surface area contributed by atoms with Gasteiger partial charge in [0.25, 0.3) is 5.91 Å². The fraction of sp³-hybridized carbons (Fsp3) is 0.421. The zero-order valence-electron chi connectivity index (χ0n) is 15.4. The number of aryl methyl sites for hydroxylation is 1. The van der Waals surface area contributed by atoms with E-state index in [1.54, 1.807) is 7.11 Å². The van der Waals surface area contributed by atoms with Gasteiger partial charge in [0.05, 0.1) is 17.9 Å². The number of methoxy groups -OCH3 is 1. The lowest BCUT2D eigenvalue weighted by Gasteiger charge is -2.14. The third-order valence-corrected chi connectivity index (χ3v) is 4.45. The Labute approximate surface area is 153 Å². The zero-order chi connectivity index (χ0) is 18.4. The Hall–Kier alpha value is -1.92. The average molecular weight is 359 g/mol. The van der Waals surface area contributed by atoms with Crippen LogP contribution in [0.3, 0.4) is 0 Å². The van der Waals surface area contributed by atoms with Crippen LogP contribution in [-0.4, -0.2) is 29.2 Å². The first-order chi connectivity index (χ1) is 12.0. The maximum Gasteiger partial charge on any atom is 0.256 e. The Balaban J connectivity index is 2.17. The van der Waals surface area contributed by atoms with E-state index >= 15 is 0 Å². The monoisotopic (exact) mass is 359 g/mol. The van der Waals surface area contributed by atoms with Crippen molar-refractivity contribution in [3.63, 3.8) is 0 Å². The summed E-state index contributed by atoms with van der Waals surface area (Å²) < 4.78 is 5.15. The highest BCUT2D eigenvalue weighted by molar-refractivity contribution is 7.98. The standard InChI is InChI=1S/C19H25N3O2S/c1-12(2)17-21-13(3)16(19(22-17)25-5)18(23)20-10-14-7-6-8-15(9-14)11-24-4/h6-9,12H,10-11H2,1-5H3,(H,20,23). The van der Waals surface area contributed by atoms with Gasteiger partial charge >= 0.3 is 0 Å². The molecule has 0 aliphatic carbocycles. The van der Waals surface area contributed by atoms with E-state index in [9.17, 15) is 4.79 Å². The quantitative estimate of drug-likeness (QED) is 0.603. The topological polar surface area (TPSA) is 64.1 Å². The lowest BCUT2D eigenvalue weighted by Crippen LogP contribution is -2.25. The molecule has 0 unspecified atom stereocenters. The second kappa shape index (κ2) is 8.97. The second-order valence-corrected chi connectivity index (χ2v) is 6.94. The molecule has 0 aliphatic rings. The molecule has 0 aliphatic heterocycles. The van der Waals surface area contributed by atoms with E-state index in [1.165, 1.54) is 11.8 Å². The molecule has 0 saturated carbocycles. The van der Waals surface area contributed by atoms with Crippen molar-refractivity contribution in [2.24, 2.45) is 0 Å². The molecule has 0 spiro atoms. The van der Waals surface area contributed by atoms with Crippen LogP contribution in [0.4, 0.5) is 0 Å². The van der Waals surface area contributed by atoms with Gasteiger partial charge in [-0.2, -0.15) is 0 Å². The highest BCUT2D eigenvalue weighted by Gasteiger charge is 2.19. The van der Waals surface area contributed by atoms with E-state index in [0.717, 1.165) is 22.0 Å². The fourth-order valence-electron chi connectivity index (χ4n) is 2.50. The van der Waals surface area contributed by atoms with Crippen molar-refractivity contribution in [1.29, 1.82) is 0 Å². The van der Waals surface area contributed by atoms with E-state index in [4.69, 9.17) is 4.74 Å². The molecule has 134 valence electrons. The van der Waals surface area contributed by atoms with Gasteiger partial charge in [0.2, 0.25) is 0 Å². The summed E-state index contributed by atoms with van der Waals surface area (Å²) in [7, 11) is 1.67. The van der Waals surface area contributed by atoms with E-state index in [1.807, 2.05) is 51.3 Å². The first-order valence-corrected chi connectivity index (χ1v) is 9.46. The third kappa shape index (κ3) is 5.03. The number of hydrogen-bond acceptors (Lipinski definition) is 5. The van der Waals surface area contributed by atoms with Crippen LogP contribution in [0.15, 0.2) is 29.3 Å². The number of nitrogens with zero attached hydrogens (tertiary/aromatic N) is 2. The molecule has 1 aromatic carbocycles. The number of amides is 1. The van der Waals surface area contributed by atoms with Crippen molar-refractivity contribution in [2.75, 3.05) is 13.4 Å². The van der Waals surface area contributed by atoms with E-state index in [2.05, 4.69) is 15.3 Å². The molecule has 0 atom stereocenters. The average Bonchev–Trinajstić information content (AvgIpc) is 2.59. The highest BCUT2D eigenvalue weighted by Crippen LogP contribution is 2.23. The van der Waals surface area contributed by atoms with E-state index < -0.39 is 0 Å². The summed E-state index contributed by atoms with van der Waals surface area (Å²) in [6.45, 7) is 6.97. The van der Waals surface area contributed by atoms with Crippen molar-refractivity contribution in [3.8, 4) is 0 Å². The van der Waals surface area contributed by atoms with Gasteiger partial charge in [-0.15, -0.1) is 11.8 Å². The molecular weight excluding hydrogens is 334 g/mol. The maximum absolute atomic E-state index is 12.7. The van der Waals surface area contributed by atoms with E-state index in [-0.39, 0.29) is 11.8 Å². The normalized spacial score (nSPS) is 11.0. The van der Waals surface area contributed by atoms with Gasteiger partial charge < -0.3 is 10.1 Å². The molecule has 0 radical (unpaired) electrons. The van der Waals surface area contributed by atoms with Crippen LogP contribution in [0.5, 0.6) is 0 Å². The number of aromatic nitrogens is 2. The van der Waals surface area contributed by atoms with Crippen LogP contribution in [0, 0.1) is 6.92 Å². The van der Waals surface area contributed by atoms with Crippen LogP contribution in [0.1, 0.15) is 52.8 Å². The number of ether oxygens (including phenoxy) is 1. The first-order valence-electron chi connectivity index (χ1n) is 8.23. The minimum atomic E-state index is -0.144. The second-order valence-electron chi connectivity index (χ2n) is 6.14. The smallest absolute Gasteiger partial charge is 0.256 e. The molecule has 25 heavy (non-hydrogen) atoms. The Morgan fingerprint density at radius 2 is 2.00 bits per heavy atom. The molecule has 0 fully saturated rings. The summed E-state index contributed by atoms with van der Waals surface area (Å²) in [4.78, 5) is 21.7. The molecule has 1 heterocycles. The molecule has 0 bridgehead atoms. The predicted octanol–water partition coefficient (Wildman–Crippen LogP) is 3.71.